The molecule has 1 aromatic rings. The highest BCUT2D eigenvalue weighted by Crippen LogP contribution is 2.25. The van der Waals surface area contributed by atoms with Crippen molar-refractivity contribution in [3.63, 3.8) is 0 Å². The lowest BCUT2D eigenvalue weighted by atomic mass is 10.0. The smallest absolute Gasteiger partial charge is 0.126 e. The normalized spacial score (nSPS) is 21.0. The number of benzene rings is 1. The fourth-order valence-corrected chi connectivity index (χ4v) is 3.12. The Morgan fingerprint density at radius 2 is 2.38 bits per heavy atom. The van der Waals surface area contributed by atoms with Crippen LogP contribution in [0.25, 0.3) is 0 Å². The zero-order chi connectivity index (χ0) is 11.4. The van der Waals surface area contributed by atoms with E-state index in [1.807, 2.05) is 30.8 Å². The van der Waals surface area contributed by atoms with Gasteiger partial charge in [-0.2, -0.15) is 0 Å². The van der Waals surface area contributed by atoms with Gasteiger partial charge in [-0.25, -0.2) is 4.39 Å². The second kappa shape index (κ2) is 5.69. The maximum atomic E-state index is 13.1. The first kappa shape index (κ1) is 11.9. The second-order valence-corrected chi connectivity index (χ2v) is 5.53. The van der Waals surface area contributed by atoms with Crippen molar-refractivity contribution in [2.45, 2.75) is 24.7 Å². The molecule has 1 heterocycles. The predicted molar refractivity (Wildman–Crippen MR) is 67.5 cm³/mol. The first-order valence-electron chi connectivity index (χ1n) is 5.85. The summed E-state index contributed by atoms with van der Waals surface area (Å²) in [5.74, 6) is 1.80. The van der Waals surface area contributed by atoms with Gasteiger partial charge in [0.15, 0.2) is 0 Å². The van der Waals surface area contributed by atoms with Gasteiger partial charge in [0.1, 0.15) is 5.82 Å². The van der Waals surface area contributed by atoms with E-state index in [-0.39, 0.29) is 5.82 Å². The van der Waals surface area contributed by atoms with E-state index in [9.17, 15) is 4.39 Å². The number of rotatable bonds is 3. The summed E-state index contributed by atoms with van der Waals surface area (Å²) in [4.78, 5) is 1.18. The summed E-state index contributed by atoms with van der Waals surface area (Å²) in [5.41, 5.74) is 0.742. The van der Waals surface area contributed by atoms with Crippen molar-refractivity contribution in [1.29, 1.82) is 0 Å². The highest BCUT2D eigenvalue weighted by atomic mass is 32.2. The third-order valence-electron chi connectivity index (χ3n) is 3.01. The molecule has 1 N–H and O–H groups in total. The fraction of sp³-hybridized carbons (Fsp3) is 0.538. The van der Waals surface area contributed by atoms with Gasteiger partial charge in [0.2, 0.25) is 0 Å². The van der Waals surface area contributed by atoms with Gasteiger partial charge in [0.25, 0.3) is 0 Å². The zero-order valence-electron chi connectivity index (χ0n) is 9.63. The zero-order valence-corrected chi connectivity index (χ0v) is 10.4. The van der Waals surface area contributed by atoms with Crippen molar-refractivity contribution in [2.75, 3.05) is 18.8 Å². The van der Waals surface area contributed by atoms with E-state index in [0.29, 0.717) is 0 Å². The molecule has 1 nitrogen and oxygen atoms in total. The Labute approximate surface area is 101 Å². The lowest BCUT2D eigenvalue weighted by Crippen LogP contribution is -2.30. The minimum absolute atomic E-state index is 0.108. The van der Waals surface area contributed by atoms with Gasteiger partial charge in [0, 0.05) is 10.6 Å². The van der Waals surface area contributed by atoms with E-state index in [1.54, 1.807) is 6.07 Å². The third-order valence-corrected chi connectivity index (χ3v) is 4.24. The van der Waals surface area contributed by atoms with Crippen LogP contribution >= 0.6 is 11.8 Å². The third kappa shape index (κ3) is 3.22. The van der Waals surface area contributed by atoms with Crippen molar-refractivity contribution < 1.29 is 4.39 Å². The van der Waals surface area contributed by atoms with Crippen LogP contribution in [0.1, 0.15) is 18.4 Å². The number of piperidine rings is 1. The van der Waals surface area contributed by atoms with E-state index < -0.39 is 0 Å². The van der Waals surface area contributed by atoms with Crippen molar-refractivity contribution >= 4 is 11.8 Å². The average Bonchev–Trinajstić information content (AvgIpc) is 2.32. The Hall–Kier alpha value is -0.540. The van der Waals surface area contributed by atoms with Gasteiger partial charge in [-0.15, -0.1) is 11.8 Å². The molecule has 0 amide bonds. The summed E-state index contributed by atoms with van der Waals surface area (Å²) in [5, 5.41) is 3.42. The Morgan fingerprint density at radius 3 is 3.06 bits per heavy atom. The summed E-state index contributed by atoms with van der Waals surface area (Å²) < 4.78 is 13.1. The minimum Gasteiger partial charge on any atom is -0.316 e. The van der Waals surface area contributed by atoms with Crippen molar-refractivity contribution in [3.8, 4) is 0 Å². The molecule has 1 aliphatic heterocycles. The number of nitrogens with one attached hydrogen (secondary N) is 1. The largest absolute Gasteiger partial charge is 0.316 e. The van der Waals surface area contributed by atoms with E-state index in [4.69, 9.17) is 0 Å². The monoisotopic (exact) mass is 239 g/mol. The maximum absolute atomic E-state index is 13.1. The van der Waals surface area contributed by atoms with Crippen LogP contribution < -0.4 is 5.32 Å². The molecule has 1 unspecified atom stereocenters. The fourth-order valence-electron chi connectivity index (χ4n) is 1.99. The molecule has 0 bridgehead atoms. The van der Waals surface area contributed by atoms with E-state index >= 15 is 0 Å². The highest BCUT2D eigenvalue weighted by molar-refractivity contribution is 7.99. The Kier molecular flexibility index (Phi) is 4.24. The number of hydrogen-bond donors (Lipinski definition) is 1. The number of hydrogen-bond acceptors (Lipinski definition) is 2. The molecule has 0 saturated carbocycles. The van der Waals surface area contributed by atoms with Crippen LogP contribution in [0, 0.1) is 18.7 Å². The van der Waals surface area contributed by atoms with E-state index in [1.165, 1.54) is 17.7 Å². The molecule has 1 aliphatic rings. The van der Waals surface area contributed by atoms with Crippen LogP contribution in [0.15, 0.2) is 23.1 Å². The van der Waals surface area contributed by atoms with E-state index in [0.717, 1.165) is 30.3 Å². The molecule has 1 fully saturated rings. The summed E-state index contributed by atoms with van der Waals surface area (Å²) in [6, 6.07) is 5.39. The molecular formula is C13H18FNS. The SMILES string of the molecule is Cc1cc(SCC2CCCNC2)ccc1F. The van der Waals surface area contributed by atoms with Gasteiger partial charge in [0.05, 0.1) is 0 Å². The van der Waals surface area contributed by atoms with Crippen LogP contribution in [0.2, 0.25) is 0 Å². The molecule has 0 aromatic heterocycles. The van der Waals surface area contributed by atoms with Crippen molar-refractivity contribution in [2.24, 2.45) is 5.92 Å². The highest BCUT2D eigenvalue weighted by Gasteiger charge is 2.13. The summed E-state index contributed by atoms with van der Waals surface area (Å²) >= 11 is 1.84. The van der Waals surface area contributed by atoms with Crippen LogP contribution in [0.3, 0.4) is 0 Å². The van der Waals surface area contributed by atoms with Gasteiger partial charge >= 0.3 is 0 Å². The van der Waals surface area contributed by atoms with Gasteiger partial charge in [-0.05, 0) is 62.5 Å². The Morgan fingerprint density at radius 1 is 1.50 bits per heavy atom. The average molecular weight is 239 g/mol. The molecule has 1 aromatic carbocycles. The molecular weight excluding hydrogens is 221 g/mol. The van der Waals surface area contributed by atoms with Crippen LogP contribution in [0.4, 0.5) is 4.39 Å². The quantitative estimate of drug-likeness (QED) is 0.813. The second-order valence-electron chi connectivity index (χ2n) is 4.43. The van der Waals surface area contributed by atoms with Gasteiger partial charge < -0.3 is 5.32 Å². The van der Waals surface area contributed by atoms with Crippen LogP contribution in [0.5, 0.6) is 0 Å². The van der Waals surface area contributed by atoms with Crippen LogP contribution in [-0.2, 0) is 0 Å². The lowest BCUT2D eigenvalue weighted by molar-refractivity contribution is 0.410. The van der Waals surface area contributed by atoms with Crippen LogP contribution in [-0.4, -0.2) is 18.8 Å². The molecule has 1 atom stereocenters. The molecule has 88 valence electrons. The molecule has 1 saturated heterocycles. The Bertz CT molecular complexity index is 348. The number of thioether (sulfide) groups is 1. The molecule has 0 aliphatic carbocycles. The van der Waals surface area contributed by atoms with E-state index in [2.05, 4.69) is 5.32 Å². The minimum atomic E-state index is -0.108. The summed E-state index contributed by atoms with van der Waals surface area (Å²) in [6.07, 6.45) is 2.61. The summed E-state index contributed by atoms with van der Waals surface area (Å²) in [7, 11) is 0. The predicted octanol–water partition coefficient (Wildman–Crippen LogP) is 3.23. The topological polar surface area (TPSA) is 12.0 Å². The number of aryl methyl sites for hydroxylation is 1. The van der Waals surface area contributed by atoms with Gasteiger partial charge in [-0.3, -0.25) is 0 Å². The maximum Gasteiger partial charge on any atom is 0.126 e. The first-order valence-corrected chi connectivity index (χ1v) is 6.84. The number of halogens is 1. The van der Waals surface area contributed by atoms with Gasteiger partial charge in [-0.1, -0.05) is 0 Å². The van der Waals surface area contributed by atoms with Crippen molar-refractivity contribution in [3.05, 3.63) is 29.6 Å². The molecule has 3 heteroatoms. The van der Waals surface area contributed by atoms with Crippen molar-refractivity contribution in [1.82, 2.24) is 5.32 Å². The molecule has 16 heavy (non-hydrogen) atoms. The Balaban J connectivity index is 1.86. The summed E-state index contributed by atoms with van der Waals surface area (Å²) in [6.45, 7) is 4.12. The molecule has 0 radical (unpaired) electrons. The standard InChI is InChI=1S/C13H18FNS/c1-10-7-12(4-5-13(10)14)16-9-11-3-2-6-15-8-11/h4-5,7,11,15H,2-3,6,8-9H2,1H3. The molecule has 2 rings (SSSR count). The first-order chi connectivity index (χ1) is 7.75. The lowest BCUT2D eigenvalue weighted by Gasteiger charge is -2.22. The molecule has 0 spiro atoms.